The molecule has 0 aliphatic heterocycles. The minimum Gasteiger partial charge on any atom is -0.382 e. The van der Waals surface area contributed by atoms with Crippen molar-refractivity contribution < 1.29 is 9.47 Å². The topological polar surface area (TPSA) is 30.8 Å². The summed E-state index contributed by atoms with van der Waals surface area (Å²) in [5.41, 5.74) is 0. The highest BCUT2D eigenvalue weighted by atomic mass is 16.5. The molecule has 0 aromatic carbocycles. The number of methoxy groups -OCH3 is 1. The van der Waals surface area contributed by atoms with Gasteiger partial charge in [0.1, 0.15) is 0 Å². The Bertz CT molecular complexity index is 73.5. The van der Waals surface area contributed by atoms with Crippen LogP contribution in [0.25, 0.3) is 0 Å². The molecule has 0 heterocycles. The molecule has 0 fully saturated rings. The van der Waals surface area contributed by atoms with Crippen molar-refractivity contribution in [2.75, 3.05) is 34.0 Å². The van der Waals surface area contributed by atoms with Gasteiger partial charge >= 0.3 is 0 Å². The second-order valence-electron chi connectivity index (χ2n) is 1.51. The van der Waals surface area contributed by atoms with E-state index >= 15 is 0 Å². The van der Waals surface area contributed by atoms with Crippen molar-refractivity contribution in [2.45, 2.75) is 0 Å². The Morgan fingerprint density at radius 1 is 1.44 bits per heavy atom. The van der Waals surface area contributed by atoms with Crippen molar-refractivity contribution in [2.24, 2.45) is 4.99 Å². The quantitative estimate of drug-likeness (QED) is 0.398. The van der Waals surface area contributed by atoms with Gasteiger partial charge in [-0.2, -0.15) is 0 Å². The lowest BCUT2D eigenvalue weighted by Gasteiger charge is -1.96. The van der Waals surface area contributed by atoms with Crippen LogP contribution in [0.15, 0.2) is 4.99 Å². The molecule has 0 radical (unpaired) electrons. The summed E-state index contributed by atoms with van der Waals surface area (Å²) in [6, 6.07) is 0. The zero-order chi connectivity index (χ0) is 6.95. The SMILES string of the molecule is C/N=C\COCCOC. The molecule has 0 saturated carbocycles. The highest BCUT2D eigenvalue weighted by molar-refractivity contribution is 5.58. The van der Waals surface area contributed by atoms with Gasteiger partial charge in [-0.3, -0.25) is 4.99 Å². The number of nitrogens with zero attached hydrogens (tertiary/aromatic N) is 1. The monoisotopic (exact) mass is 131 g/mol. The molecular formula is C6H13NO2. The average molecular weight is 131 g/mol. The zero-order valence-corrected chi connectivity index (χ0v) is 5.96. The number of aliphatic imine (C=N–C) groups is 1. The third-order valence-electron chi connectivity index (χ3n) is 0.807. The first-order valence-corrected chi connectivity index (χ1v) is 2.89. The van der Waals surface area contributed by atoms with Gasteiger partial charge in [-0.1, -0.05) is 0 Å². The highest BCUT2D eigenvalue weighted by Gasteiger charge is 1.81. The Morgan fingerprint density at radius 3 is 2.78 bits per heavy atom. The summed E-state index contributed by atoms with van der Waals surface area (Å²) < 4.78 is 9.79. The Hall–Kier alpha value is -0.410. The van der Waals surface area contributed by atoms with Gasteiger partial charge in [0.15, 0.2) is 0 Å². The minimum atomic E-state index is 0.583. The molecule has 0 amide bonds. The average Bonchev–Trinajstić information content (AvgIpc) is 1.89. The van der Waals surface area contributed by atoms with E-state index in [-0.39, 0.29) is 0 Å². The molecule has 0 aliphatic rings. The van der Waals surface area contributed by atoms with Crippen molar-refractivity contribution in [1.29, 1.82) is 0 Å². The van der Waals surface area contributed by atoms with Gasteiger partial charge in [-0.05, 0) is 0 Å². The lowest BCUT2D eigenvalue weighted by molar-refractivity contribution is 0.0912. The van der Waals surface area contributed by atoms with E-state index in [1.54, 1.807) is 20.4 Å². The molecule has 0 N–H and O–H groups in total. The molecule has 0 aliphatic carbocycles. The first kappa shape index (κ1) is 8.59. The fourth-order valence-corrected chi connectivity index (χ4v) is 0.353. The summed E-state index contributed by atoms with van der Waals surface area (Å²) in [7, 11) is 3.37. The van der Waals surface area contributed by atoms with Crippen LogP contribution in [0.3, 0.4) is 0 Å². The van der Waals surface area contributed by atoms with Crippen molar-refractivity contribution in [3.8, 4) is 0 Å². The van der Waals surface area contributed by atoms with Crippen molar-refractivity contribution >= 4 is 6.21 Å². The number of hydrogen-bond acceptors (Lipinski definition) is 3. The summed E-state index contributed by atoms with van der Waals surface area (Å²) in [4.78, 5) is 3.74. The third kappa shape index (κ3) is 7.59. The molecule has 3 heteroatoms. The van der Waals surface area contributed by atoms with Crippen LogP contribution in [0.5, 0.6) is 0 Å². The maximum atomic E-state index is 5.04. The summed E-state index contributed by atoms with van der Waals surface area (Å²) in [6.07, 6.45) is 1.72. The maximum absolute atomic E-state index is 5.04. The van der Waals surface area contributed by atoms with Crippen molar-refractivity contribution in [1.82, 2.24) is 0 Å². The lowest BCUT2D eigenvalue weighted by atomic mass is 10.7. The van der Waals surface area contributed by atoms with E-state index < -0.39 is 0 Å². The molecule has 0 unspecified atom stereocenters. The molecule has 0 aromatic rings. The molecule has 0 bridgehead atoms. The van der Waals surface area contributed by atoms with E-state index in [0.717, 1.165) is 0 Å². The molecule has 0 atom stereocenters. The Kier molecular flexibility index (Phi) is 7.24. The normalized spacial score (nSPS) is 10.9. The van der Waals surface area contributed by atoms with Crippen LogP contribution in [0.4, 0.5) is 0 Å². The van der Waals surface area contributed by atoms with Crippen LogP contribution >= 0.6 is 0 Å². The predicted molar refractivity (Wildman–Crippen MR) is 37.1 cm³/mol. The molecule has 54 valence electrons. The van der Waals surface area contributed by atoms with Crippen LogP contribution in [0.2, 0.25) is 0 Å². The minimum absolute atomic E-state index is 0.583. The third-order valence-corrected chi connectivity index (χ3v) is 0.807. The van der Waals surface area contributed by atoms with Crippen molar-refractivity contribution in [3.63, 3.8) is 0 Å². The van der Waals surface area contributed by atoms with E-state index in [1.165, 1.54) is 0 Å². The Labute approximate surface area is 55.7 Å². The van der Waals surface area contributed by atoms with Gasteiger partial charge in [-0.15, -0.1) is 0 Å². The second-order valence-corrected chi connectivity index (χ2v) is 1.51. The molecule has 9 heavy (non-hydrogen) atoms. The predicted octanol–water partition coefficient (Wildman–Crippen LogP) is 0.350. The second kappa shape index (κ2) is 7.59. The van der Waals surface area contributed by atoms with Gasteiger partial charge in [0.05, 0.1) is 19.8 Å². The van der Waals surface area contributed by atoms with Gasteiger partial charge in [0.2, 0.25) is 0 Å². The molecule has 0 saturated heterocycles. The van der Waals surface area contributed by atoms with Crippen molar-refractivity contribution in [3.05, 3.63) is 0 Å². The summed E-state index contributed by atoms with van der Waals surface area (Å²) in [5.74, 6) is 0. The lowest BCUT2D eigenvalue weighted by Crippen LogP contribution is -2.03. The van der Waals surface area contributed by atoms with Gasteiger partial charge < -0.3 is 9.47 Å². The van der Waals surface area contributed by atoms with Crippen LogP contribution in [0.1, 0.15) is 0 Å². The van der Waals surface area contributed by atoms with Crippen LogP contribution in [-0.2, 0) is 9.47 Å². The van der Waals surface area contributed by atoms with E-state index in [9.17, 15) is 0 Å². The molecular weight excluding hydrogens is 118 g/mol. The van der Waals surface area contributed by atoms with E-state index in [4.69, 9.17) is 9.47 Å². The van der Waals surface area contributed by atoms with Gasteiger partial charge in [0.25, 0.3) is 0 Å². The molecule has 0 spiro atoms. The highest BCUT2D eigenvalue weighted by Crippen LogP contribution is 1.72. The Balaban J connectivity index is 2.75. The van der Waals surface area contributed by atoms with Crippen LogP contribution in [0, 0.1) is 0 Å². The standard InChI is InChI=1S/C6H13NO2/c1-7-3-4-9-6-5-8-2/h3H,4-6H2,1-2H3/b7-3-. The molecule has 0 rings (SSSR count). The first-order valence-electron chi connectivity index (χ1n) is 2.89. The fourth-order valence-electron chi connectivity index (χ4n) is 0.353. The number of ether oxygens (including phenoxy) is 2. The van der Waals surface area contributed by atoms with Crippen LogP contribution < -0.4 is 0 Å². The maximum Gasteiger partial charge on any atom is 0.0815 e. The number of rotatable bonds is 5. The Morgan fingerprint density at radius 2 is 2.22 bits per heavy atom. The van der Waals surface area contributed by atoms with Gasteiger partial charge in [-0.25, -0.2) is 0 Å². The summed E-state index contributed by atoms with van der Waals surface area (Å²) in [6.45, 7) is 1.87. The van der Waals surface area contributed by atoms with E-state index in [0.29, 0.717) is 19.8 Å². The van der Waals surface area contributed by atoms with E-state index in [1.807, 2.05) is 0 Å². The zero-order valence-electron chi connectivity index (χ0n) is 5.96. The number of hydrogen-bond donors (Lipinski definition) is 0. The van der Waals surface area contributed by atoms with Crippen LogP contribution in [-0.4, -0.2) is 40.2 Å². The first-order chi connectivity index (χ1) is 4.41. The smallest absolute Gasteiger partial charge is 0.0815 e. The summed E-state index contributed by atoms with van der Waals surface area (Å²) >= 11 is 0. The fraction of sp³-hybridized carbons (Fsp3) is 0.833. The largest absolute Gasteiger partial charge is 0.382 e. The molecule has 0 aromatic heterocycles. The van der Waals surface area contributed by atoms with Gasteiger partial charge in [0, 0.05) is 20.4 Å². The molecule has 3 nitrogen and oxygen atoms in total. The van der Waals surface area contributed by atoms with E-state index in [2.05, 4.69) is 4.99 Å². The summed E-state index contributed by atoms with van der Waals surface area (Å²) in [5, 5.41) is 0.